The van der Waals surface area contributed by atoms with Crippen LogP contribution in [0.3, 0.4) is 0 Å². The Labute approximate surface area is 192 Å². The number of carbonyl (C=O) groups excluding carboxylic acids is 1. The van der Waals surface area contributed by atoms with Gasteiger partial charge in [0.25, 0.3) is 0 Å². The number of methoxy groups -OCH3 is 3. The third-order valence-electron chi connectivity index (χ3n) is 4.74. The van der Waals surface area contributed by atoms with Crippen molar-refractivity contribution in [2.45, 2.75) is 0 Å². The average molecular weight is 447 g/mol. The molecule has 1 amide bonds. The van der Waals surface area contributed by atoms with Crippen molar-refractivity contribution in [2.75, 3.05) is 26.6 Å². The van der Waals surface area contributed by atoms with Crippen molar-refractivity contribution in [3.63, 3.8) is 0 Å². The van der Waals surface area contributed by atoms with Gasteiger partial charge in [-0.05, 0) is 59.2 Å². The van der Waals surface area contributed by atoms with Crippen LogP contribution in [0, 0.1) is 0 Å². The molecule has 0 atom stereocenters. The molecule has 3 rings (SSSR count). The van der Waals surface area contributed by atoms with E-state index in [4.69, 9.17) is 14.2 Å². The van der Waals surface area contributed by atoms with Gasteiger partial charge in [-0.25, -0.2) is 0 Å². The fraction of sp³-hybridized carbons (Fsp3) is 0.115. The standard InChI is InChI=1S/C26H25NO6/c1-31-23-15-19(16-24(32-2)26(23)33-3)8-7-17-5-4-6-20(13-17)27-25(30)12-10-18-9-11-21(28)22(29)14-18/h4-16,28-29H,1-3H3,(H,27,30)/b8-7+,12-10+. The minimum atomic E-state index is -0.326. The summed E-state index contributed by atoms with van der Waals surface area (Å²) in [6, 6.07) is 15.4. The maximum atomic E-state index is 12.3. The number of nitrogens with one attached hydrogen (secondary N) is 1. The molecule has 0 aliphatic heterocycles. The first-order chi connectivity index (χ1) is 15.9. The number of phenols is 2. The van der Waals surface area contributed by atoms with Gasteiger partial charge in [-0.3, -0.25) is 4.79 Å². The summed E-state index contributed by atoms with van der Waals surface area (Å²) >= 11 is 0. The lowest BCUT2D eigenvalue weighted by Crippen LogP contribution is -2.07. The highest BCUT2D eigenvalue weighted by molar-refractivity contribution is 6.02. The highest BCUT2D eigenvalue weighted by Crippen LogP contribution is 2.38. The molecule has 3 N–H and O–H groups in total. The van der Waals surface area contributed by atoms with Crippen molar-refractivity contribution in [1.82, 2.24) is 0 Å². The highest BCUT2D eigenvalue weighted by Gasteiger charge is 2.12. The first-order valence-electron chi connectivity index (χ1n) is 10.0. The van der Waals surface area contributed by atoms with Crippen molar-refractivity contribution in [3.05, 3.63) is 77.4 Å². The van der Waals surface area contributed by atoms with Gasteiger partial charge in [0, 0.05) is 11.8 Å². The van der Waals surface area contributed by atoms with E-state index in [0.29, 0.717) is 28.5 Å². The summed E-state index contributed by atoms with van der Waals surface area (Å²) in [4.78, 5) is 12.3. The summed E-state index contributed by atoms with van der Waals surface area (Å²) in [5.74, 6) is 0.861. The van der Waals surface area contributed by atoms with Crippen LogP contribution < -0.4 is 19.5 Å². The third kappa shape index (κ3) is 6.07. The van der Waals surface area contributed by atoms with Crippen LogP contribution in [0.4, 0.5) is 5.69 Å². The van der Waals surface area contributed by atoms with Crippen LogP contribution in [0.1, 0.15) is 16.7 Å². The zero-order valence-corrected chi connectivity index (χ0v) is 18.5. The molecule has 3 aromatic rings. The Bertz CT molecular complexity index is 1170. The third-order valence-corrected chi connectivity index (χ3v) is 4.74. The average Bonchev–Trinajstić information content (AvgIpc) is 2.83. The Kier molecular flexibility index (Phi) is 7.60. The van der Waals surface area contributed by atoms with Crippen molar-refractivity contribution >= 4 is 29.8 Å². The minimum Gasteiger partial charge on any atom is -0.504 e. The van der Waals surface area contributed by atoms with Crippen LogP contribution in [0.2, 0.25) is 0 Å². The number of hydrogen-bond acceptors (Lipinski definition) is 6. The van der Waals surface area contributed by atoms with Gasteiger partial charge in [-0.2, -0.15) is 0 Å². The van der Waals surface area contributed by atoms with Gasteiger partial charge < -0.3 is 29.7 Å². The molecule has 33 heavy (non-hydrogen) atoms. The maximum Gasteiger partial charge on any atom is 0.248 e. The van der Waals surface area contributed by atoms with E-state index in [1.807, 2.05) is 42.5 Å². The van der Waals surface area contributed by atoms with E-state index in [9.17, 15) is 15.0 Å². The number of amides is 1. The monoisotopic (exact) mass is 447 g/mol. The van der Waals surface area contributed by atoms with Gasteiger partial charge in [0.1, 0.15) is 0 Å². The fourth-order valence-electron chi connectivity index (χ4n) is 3.11. The van der Waals surface area contributed by atoms with Crippen molar-refractivity contribution in [3.8, 4) is 28.7 Å². The van der Waals surface area contributed by atoms with E-state index < -0.39 is 0 Å². The Balaban J connectivity index is 1.72. The lowest BCUT2D eigenvalue weighted by Gasteiger charge is -2.12. The van der Waals surface area contributed by atoms with E-state index >= 15 is 0 Å². The number of anilines is 1. The van der Waals surface area contributed by atoms with Gasteiger partial charge in [-0.1, -0.05) is 30.4 Å². The predicted molar refractivity (Wildman–Crippen MR) is 129 cm³/mol. The molecule has 0 fully saturated rings. The van der Waals surface area contributed by atoms with Crippen LogP contribution in [-0.4, -0.2) is 37.4 Å². The van der Waals surface area contributed by atoms with Gasteiger partial charge in [0.05, 0.1) is 21.3 Å². The summed E-state index contributed by atoms with van der Waals surface area (Å²) < 4.78 is 16.1. The van der Waals surface area contributed by atoms with Gasteiger partial charge >= 0.3 is 0 Å². The number of carbonyl (C=O) groups is 1. The molecule has 0 aromatic heterocycles. The highest BCUT2D eigenvalue weighted by atomic mass is 16.5. The zero-order valence-electron chi connectivity index (χ0n) is 18.5. The van der Waals surface area contributed by atoms with Crippen LogP contribution in [0.25, 0.3) is 18.2 Å². The van der Waals surface area contributed by atoms with E-state index in [1.165, 1.54) is 18.2 Å². The first kappa shape index (κ1) is 23.3. The second-order valence-corrected chi connectivity index (χ2v) is 6.99. The molecule has 0 saturated carbocycles. The summed E-state index contributed by atoms with van der Waals surface area (Å²) in [5.41, 5.74) is 2.96. The molecule has 3 aromatic carbocycles. The smallest absolute Gasteiger partial charge is 0.248 e. The molecule has 0 spiro atoms. The van der Waals surface area contributed by atoms with Crippen molar-refractivity contribution in [2.24, 2.45) is 0 Å². The SMILES string of the molecule is COc1cc(/C=C/c2cccc(NC(=O)/C=C/c3ccc(O)c(O)c3)c2)cc(OC)c1OC. The molecule has 7 heteroatoms. The summed E-state index contributed by atoms with van der Waals surface area (Å²) in [7, 11) is 4.69. The molecule has 0 heterocycles. The quantitative estimate of drug-likeness (QED) is 0.257. The normalized spacial score (nSPS) is 11.0. The topological polar surface area (TPSA) is 97.3 Å². The minimum absolute atomic E-state index is 0.215. The maximum absolute atomic E-state index is 12.3. The van der Waals surface area contributed by atoms with Crippen molar-refractivity contribution < 1.29 is 29.2 Å². The lowest BCUT2D eigenvalue weighted by atomic mass is 10.1. The Morgan fingerprint density at radius 2 is 1.42 bits per heavy atom. The van der Waals surface area contributed by atoms with E-state index in [2.05, 4.69) is 5.32 Å². The lowest BCUT2D eigenvalue weighted by molar-refractivity contribution is -0.111. The van der Waals surface area contributed by atoms with E-state index in [0.717, 1.165) is 11.1 Å². The van der Waals surface area contributed by atoms with Crippen LogP contribution >= 0.6 is 0 Å². The fourth-order valence-corrected chi connectivity index (χ4v) is 3.11. The number of hydrogen-bond donors (Lipinski definition) is 3. The number of rotatable bonds is 8. The molecular formula is C26H25NO6. The largest absolute Gasteiger partial charge is 0.504 e. The molecule has 0 aliphatic rings. The van der Waals surface area contributed by atoms with Gasteiger partial charge in [0.2, 0.25) is 11.7 Å². The van der Waals surface area contributed by atoms with Gasteiger partial charge in [-0.15, -0.1) is 0 Å². The first-order valence-corrected chi connectivity index (χ1v) is 10.0. The second-order valence-electron chi connectivity index (χ2n) is 6.99. The van der Waals surface area contributed by atoms with Crippen LogP contribution in [0.15, 0.2) is 60.7 Å². The number of aromatic hydroxyl groups is 2. The Morgan fingerprint density at radius 3 is 2.06 bits per heavy atom. The molecule has 0 unspecified atom stereocenters. The number of benzene rings is 3. The van der Waals surface area contributed by atoms with E-state index in [-0.39, 0.29) is 17.4 Å². The number of ether oxygens (including phenoxy) is 3. The Morgan fingerprint density at radius 1 is 0.758 bits per heavy atom. The van der Waals surface area contributed by atoms with Crippen molar-refractivity contribution in [1.29, 1.82) is 0 Å². The Hall–Kier alpha value is -4.39. The molecule has 0 aliphatic carbocycles. The summed E-state index contributed by atoms with van der Waals surface area (Å²) in [5, 5.41) is 21.7. The second kappa shape index (κ2) is 10.8. The summed E-state index contributed by atoms with van der Waals surface area (Å²) in [6.45, 7) is 0. The van der Waals surface area contributed by atoms with Crippen LogP contribution in [-0.2, 0) is 4.79 Å². The zero-order chi connectivity index (χ0) is 23.8. The van der Waals surface area contributed by atoms with Crippen LogP contribution in [0.5, 0.6) is 28.7 Å². The molecule has 170 valence electrons. The molecular weight excluding hydrogens is 422 g/mol. The van der Waals surface area contributed by atoms with E-state index in [1.54, 1.807) is 39.5 Å². The molecule has 7 nitrogen and oxygen atoms in total. The molecule has 0 bridgehead atoms. The number of phenolic OH excluding ortho intramolecular Hbond substituents is 2. The molecule has 0 radical (unpaired) electrons. The predicted octanol–water partition coefficient (Wildman–Crippen LogP) is 4.95. The van der Waals surface area contributed by atoms with Gasteiger partial charge in [0.15, 0.2) is 23.0 Å². The summed E-state index contributed by atoms with van der Waals surface area (Å²) in [6.07, 6.45) is 6.71. The molecule has 0 saturated heterocycles.